The van der Waals surface area contributed by atoms with Crippen LogP contribution in [0.3, 0.4) is 0 Å². The standard InChI is InChI=1S/C14H12BrNO3S/c15-11-5-6-20-13(11)14(19)16-8-10-4-2-1-3-9(10)7-12(17)18/h1-6H,7-8H2,(H,16,19)(H,17,18). The SMILES string of the molecule is O=C(O)Cc1ccccc1CNC(=O)c1sccc1Br. The van der Waals surface area contributed by atoms with E-state index >= 15 is 0 Å². The lowest BCUT2D eigenvalue weighted by Crippen LogP contribution is -2.23. The summed E-state index contributed by atoms with van der Waals surface area (Å²) in [5, 5.41) is 13.5. The van der Waals surface area contributed by atoms with Gasteiger partial charge >= 0.3 is 5.97 Å². The van der Waals surface area contributed by atoms with Crippen molar-refractivity contribution in [3.8, 4) is 0 Å². The average Bonchev–Trinajstić information content (AvgIpc) is 2.83. The molecule has 0 saturated heterocycles. The molecule has 0 radical (unpaired) electrons. The molecular formula is C14H12BrNO3S. The van der Waals surface area contributed by atoms with Crippen LogP contribution in [0.15, 0.2) is 40.2 Å². The predicted octanol–water partition coefficient (Wildman–Crippen LogP) is 3.07. The van der Waals surface area contributed by atoms with E-state index in [1.165, 1.54) is 11.3 Å². The van der Waals surface area contributed by atoms with Crippen LogP contribution in [0.25, 0.3) is 0 Å². The van der Waals surface area contributed by atoms with Crippen molar-refractivity contribution in [3.05, 3.63) is 56.2 Å². The lowest BCUT2D eigenvalue weighted by atomic mass is 10.0. The molecule has 0 fully saturated rings. The molecule has 0 aliphatic rings. The summed E-state index contributed by atoms with van der Waals surface area (Å²) in [7, 11) is 0. The highest BCUT2D eigenvalue weighted by Gasteiger charge is 2.12. The van der Waals surface area contributed by atoms with Crippen molar-refractivity contribution in [2.75, 3.05) is 0 Å². The minimum atomic E-state index is -0.884. The van der Waals surface area contributed by atoms with Gasteiger partial charge in [0.05, 0.1) is 6.42 Å². The second kappa shape index (κ2) is 6.67. The molecule has 0 spiro atoms. The second-order valence-corrected chi connectivity index (χ2v) is 5.89. The molecule has 0 atom stereocenters. The maximum atomic E-state index is 12.0. The molecule has 2 aromatic rings. The van der Waals surface area contributed by atoms with E-state index in [-0.39, 0.29) is 12.3 Å². The van der Waals surface area contributed by atoms with E-state index in [0.29, 0.717) is 17.0 Å². The summed E-state index contributed by atoms with van der Waals surface area (Å²) in [6, 6.07) is 9.02. The van der Waals surface area contributed by atoms with E-state index in [0.717, 1.165) is 10.0 Å². The maximum absolute atomic E-state index is 12.0. The number of halogens is 1. The van der Waals surface area contributed by atoms with Crippen molar-refractivity contribution in [3.63, 3.8) is 0 Å². The summed E-state index contributed by atoms with van der Waals surface area (Å²) in [5.74, 6) is -1.05. The molecule has 1 aromatic heterocycles. The zero-order valence-electron chi connectivity index (χ0n) is 10.4. The van der Waals surface area contributed by atoms with E-state index in [1.54, 1.807) is 12.1 Å². The molecule has 0 aliphatic heterocycles. The van der Waals surface area contributed by atoms with Crippen molar-refractivity contribution in [1.29, 1.82) is 0 Å². The van der Waals surface area contributed by atoms with Crippen LogP contribution in [-0.2, 0) is 17.8 Å². The highest BCUT2D eigenvalue weighted by molar-refractivity contribution is 9.10. The van der Waals surface area contributed by atoms with Crippen LogP contribution in [0, 0.1) is 0 Å². The fourth-order valence-electron chi connectivity index (χ4n) is 1.78. The minimum Gasteiger partial charge on any atom is -0.481 e. The van der Waals surface area contributed by atoms with Gasteiger partial charge in [-0.1, -0.05) is 24.3 Å². The van der Waals surface area contributed by atoms with E-state index in [1.807, 2.05) is 23.6 Å². The number of hydrogen-bond acceptors (Lipinski definition) is 3. The van der Waals surface area contributed by atoms with Crippen molar-refractivity contribution < 1.29 is 14.7 Å². The lowest BCUT2D eigenvalue weighted by Gasteiger charge is -2.09. The highest BCUT2D eigenvalue weighted by atomic mass is 79.9. The molecule has 20 heavy (non-hydrogen) atoms. The Labute approximate surface area is 128 Å². The van der Waals surface area contributed by atoms with Crippen LogP contribution in [0.2, 0.25) is 0 Å². The number of carbonyl (C=O) groups excluding carboxylic acids is 1. The number of benzene rings is 1. The molecule has 104 valence electrons. The Hall–Kier alpha value is -1.66. The monoisotopic (exact) mass is 353 g/mol. The summed E-state index contributed by atoms with van der Waals surface area (Å²) in [4.78, 5) is 23.4. The Balaban J connectivity index is 2.06. The first-order valence-electron chi connectivity index (χ1n) is 5.87. The number of nitrogens with one attached hydrogen (secondary N) is 1. The fraction of sp³-hybridized carbons (Fsp3) is 0.143. The summed E-state index contributed by atoms with van der Waals surface area (Å²) in [5.41, 5.74) is 1.53. The lowest BCUT2D eigenvalue weighted by molar-refractivity contribution is -0.136. The Bertz CT molecular complexity index is 639. The van der Waals surface area contributed by atoms with Crippen LogP contribution in [0.1, 0.15) is 20.8 Å². The number of carbonyl (C=O) groups is 2. The summed E-state index contributed by atoms with van der Waals surface area (Å²) < 4.78 is 0.763. The molecule has 0 saturated carbocycles. The molecule has 1 amide bonds. The molecule has 1 heterocycles. The van der Waals surface area contributed by atoms with Crippen molar-refractivity contribution in [1.82, 2.24) is 5.32 Å². The first-order chi connectivity index (χ1) is 9.58. The van der Waals surface area contributed by atoms with E-state index in [9.17, 15) is 9.59 Å². The summed E-state index contributed by atoms with van der Waals surface area (Å²) in [6.07, 6.45) is -0.0469. The number of hydrogen-bond donors (Lipinski definition) is 2. The van der Waals surface area contributed by atoms with Crippen LogP contribution >= 0.6 is 27.3 Å². The van der Waals surface area contributed by atoms with Gasteiger partial charge in [0.1, 0.15) is 4.88 Å². The first-order valence-corrected chi connectivity index (χ1v) is 7.55. The van der Waals surface area contributed by atoms with Crippen molar-refractivity contribution >= 4 is 39.1 Å². The van der Waals surface area contributed by atoms with Gasteiger partial charge in [-0.15, -0.1) is 11.3 Å². The van der Waals surface area contributed by atoms with Crippen LogP contribution in [0.4, 0.5) is 0 Å². The fourth-order valence-corrected chi connectivity index (χ4v) is 3.24. The van der Waals surface area contributed by atoms with Gasteiger partial charge in [-0.2, -0.15) is 0 Å². The quantitative estimate of drug-likeness (QED) is 0.867. The molecule has 6 heteroatoms. The Morgan fingerprint density at radius 1 is 1.20 bits per heavy atom. The van der Waals surface area contributed by atoms with Gasteiger partial charge in [0.15, 0.2) is 0 Å². The van der Waals surface area contributed by atoms with Gasteiger partial charge < -0.3 is 10.4 Å². The van der Waals surface area contributed by atoms with Gasteiger partial charge in [0, 0.05) is 11.0 Å². The normalized spacial score (nSPS) is 10.2. The van der Waals surface area contributed by atoms with Gasteiger partial charge in [0.25, 0.3) is 5.91 Å². The highest BCUT2D eigenvalue weighted by Crippen LogP contribution is 2.22. The molecular weight excluding hydrogens is 342 g/mol. The summed E-state index contributed by atoms with van der Waals surface area (Å²) in [6.45, 7) is 0.312. The predicted molar refractivity (Wildman–Crippen MR) is 81.0 cm³/mol. The number of carboxylic acids is 1. The topological polar surface area (TPSA) is 66.4 Å². The maximum Gasteiger partial charge on any atom is 0.307 e. The number of carboxylic acid groups (broad SMARTS) is 1. The molecule has 0 unspecified atom stereocenters. The van der Waals surface area contributed by atoms with Crippen molar-refractivity contribution in [2.24, 2.45) is 0 Å². The number of rotatable bonds is 5. The second-order valence-electron chi connectivity index (χ2n) is 4.12. The van der Waals surface area contributed by atoms with Crippen molar-refractivity contribution in [2.45, 2.75) is 13.0 Å². The third kappa shape index (κ3) is 3.68. The van der Waals surface area contributed by atoms with Crippen LogP contribution in [-0.4, -0.2) is 17.0 Å². The first kappa shape index (κ1) is 14.7. The Kier molecular flexibility index (Phi) is 4.92. The van der Waals surface area contributed by atoms with E-state index in [4.69, 9.17) is 5.11 Å². The van der Waals surface area contributed by atoms with Gasteiger partial charge in [-0.05, 0) is 38.5 Å². The molecule has 2 rings (SSSR count). The number of amides is 1. The third-order valence-corrected chi connectivity index (χ3v) is 4.56. The largest absolute Gasteiger partial charge is 0.481 e. The number of thiophene rings is 1. The molecule has 1 aromatic carbocycles. The molecule has 0 aliphatic carbocycles. The zero-order valence-corrected chi connectivity index (χ0v) is 12.8. The smallest absolute Gasteiger partial charge is 0.307 e. The van der Waals surface area contributed by atoms with Gasteiger partial charge in [-0.3, -0.25) is 9.59 Å². The Morgan fingerprint density at radius 2 is 1.90 bits per heavy atom. The molecule has 0 bridgehead atoms. The van der Waals surface area contributed by atoms with Gasteiger partial charge in [0.2, 0.25) is 0 Å². The van der Waals surface area contributed by atoms with E-state index < -0.39 is 5.97 Å². The molecule has 2 N–H and O–H groups in total. The Morgan fingerprint density at radius 3 is 2.50 bits per heavy atom. The number of aliphatic carboxylic acids is 1. The van der Waals surface area contributed by atoms with Crippen LogP contribution < -0.4 is 5.32 Å². The van der Waals surface area contributed by atoms with Gasteiger partial charge in [-0.25, -0.2) is 0 Å². The third-order valence-electron chi connectivity index (χ3n) is 2.72. The summed E-state index contributed by atoms with van der Waals surface area (Å²) >= 11 is 4.67. The van der Waals surface area contributed by atoms with E-state index in [2.05, 4.69) is 21.2 Å². The van der Waals surface area contributed by atoms with Crippen LogP contribution in [0.5, 0.6) is 0 Å². The zero-order chi connectivity index (χ0) is 14.5. The molecule has 4 nitrogen and oxygen atoms in total. The average molecular weight is 354 g/mol. The minimum absolute atomic E-state index is 0.0469.